The molecule has 3 amide bonds. The molecule has 0 saturated carbocycles. The Hall–Kier alpha value is -3.65. The lowest BCUT2D eigenvalue weighted by molar-refractivity contribution is -0.384. The van der Waals surface area contributed by atoms with E-state index in [1.165, 1.54) is 30.3 Å². The Balaban J connectivity index is 1.64. The Labute approximate surface area is 157 Å². The molecule has 2 N–H and O–H groups in total. The van der Waals surface area contributed by atoms with Gasteiger partial charge in [0.2, 0.25) is 0 Å². The largest absolute Gasteiger partial charge is 0.451 e. The van der Waals surface area contributed by atoms with E-state index >= 15 is 0 Å². The van der Waals surface area contributed by atoms with E-state index in [0.717, 1.165) is 0 Å². The first kappa shape index (κ1) is 18.2. The minimum Gasteiger partial charge on any atom is -0.451 e. The maximum Gasteiger partial charge on any atom is 0.326 e. The number of benzene rings is 2. The molecular weight excluding hydrogens is 374 g/mol. The number of urea groups is 1. The summed E-state index contributed by atoms with van der Waals surface area (Å²) in [6.45, 7) is 0. The molecule has 1 aromatic heterocycles. The summed E-state index contributed by atoms with van der Waals surface area (Å²) >= 11 is 6.09. The summed E-state index contributed by atoms with van der Waals surface area (Å²) < 4.78 is 5.45. The Kier molecular flexibility index (Phi) is 5.18. The molecule has 3 aromatic rings. The lowest BCUT2D eigenvalue weighted by Gasteiger charge is -2.05. The Morgan fingerprint density at radius 2 is 1.70 bits per heavy atom. The van der Waals surface area contributed by atoms with E-state index in [-0.39, 0.29) is 11.4 Å². The summed E-state index contributed by atoms with van der Waals surface area (Å²) in [6, 6.07) is 14.4. The number of rotatable bonds is 4. The minimum atomic E-state index is -0.801. The smallest absolute Gasteiger partial charge is 0.326 e. The summed E-state index contributed by atoms with van der Waals surface area (Å²) in [7, 11) is 0. The maximum absolute atomic E-state index is 12.1. The van der Waals surface area contributed by atoms with E-state index in [1.54, 1.807) is 30.3 Å². The van der Waals surface area contributed by atoms with Crippen molar-refractivity contribution in [2.75, 3.05) is 5.32 Å². The molecule has 0 atom stereocenters. The molecule has 2 aromatic carbocycles. The first-order valence-electron chi connectivity index (χ1n) is 7.65. The van der Waals surface area contributed by atoms with Crippen LogP contribution in [0.4, 0.5) is 16.2 Å². The number of carbonyl (C=O) groups excluding carboxylic acids is 2. The number of furan rings is 1. The highest BCUT2D eigenvalue weighted by atomic mass is 35.5. The van der Waals surface area contributed by atoms with Crippen LogP contribution in [-0.4, -0.2) is 16.9 Å². The number of imide groups is 1. The predicted octanol–water partition coefficient (Wildman–Crippen LogP) is 4.47. The molecular formula is C18H12ClN3O5. The number of nitro groups is 1. The fraction of sp³-hybridized carbons (Fsp3) is 0. The first-order valence-corrected chi connectivity index (χ1v) is 8.03. The maximum atomic E-state index is 12.1. The summed E-state index contributed by atoms with van der Waals surface area (Å²) in [4.78, 5) is 34.1. The molecule has 0 spiro atoms. The van der Waals surface area contributed by atoms with Crippen molar-refractivity contribution in [3.05, 3.63) is 81.6 Å². The molecule has 136 valence electrons. The highest BCUT2D eigenvalue weighted by molar-refractivity contribution is 6.33. The van der Waals surface area contributed by atoms with Crippen LogP contribution in [0.15, 0.2) is 65.1 Å². The van der Waals surface area contributed by atoms with Crippen LogP contribution in [0.1, 0.15) is 10.6 Å². The van der Waals surface area contributed by atoms with Crippen molar-refractivity contribution >= 4 is 34.9 Å². The first-order chi connectivity index (χ1) is 12.9. The van der Waals surface area contributed by atoms with Crippen molar-refractivity contribution in [1.29, 1.82) is 0 Å². The van der Waals surface area contributed by atoms with E-state index in [9.17, 15) is 19.7 Å². The van der Waals surface area contributed by atoms with E-state index < -0.39 is 16.9 Å². The molecule has 3 rings (SSSR count). The standard InChI is InChI=1S/C18H12ClN3O5/c19-14-4-2-1-3-13(14)15-9-10-16(27-15)17(23)21-18(24)20-11-5-7-12(8-6-11)22(25)26/h1-10H,(H2,20,21,23,24). The summed E-state index contributed by atoms with van der Waals surface area (Å²) in [5, 5.41) is 15.6. The molecule has 8 nitrogen and oxygen atoms in total. The van der Waals surface area contributed by atoms with Crippen molar-refractivity contribution < 1.29 is 18.9 Å². The number of anilines is 1. The molecule has 0 radical (unpaired) electrons. The summed E-state index contributed by atoms with van der Waals surface area (Å²) in [5.74, 6) is -0.419. The van der Waals surface area contributed by atoms with Gasteiger partial charge in [0.25, 0.3) is 11.6 Å². The molecule has 0 bridgehead atoms. The normalized spacial score (nSPS) is 10.3. The van der Waals surface area contributed by atoms with Crippen molar-refractivity contribution in [3.63, 3.8) is 0 Å². The van der Waals surface area contributed by atoms with Gasteiger partial charge >= 0.3 is 6.03 Å². The Morgan fingerprint density at radius 3 is 2.37 bits per heavy atom. The SMILES string of the molecule is O=C(NC(=O)c1ccc(-c2ccccc2Cl)o1)Nc1ccc([N+](=O)[O-])cc1. The number of nitro benzene ring substituents is 1. The molecule has 0 aliphatic rings. The van der Waals surface area contributed by atoms with Gasteiger partial charge in [0.05, 0.1) is 9.95 Å². The van der Waals surface area contributed by atoms with Gasteiger partial charge < -0.3 is 9.73 Å². The lowest BCUT2D eigenvalue weighted by atomic mass is 10.2. The summed E-state index contributed by atoms with van der Waals surface area (Å²) in [6.07, 6.45) is 0. The topological polar surface area (TPSA) is 114 Å². The number of amides is 3. The second-order valence-electron chi connectivity index (χ2n) is 5.36. The van der Waals surface area contributed by atoms with Crippen LogP contribution in [0.2, 0.25) is 5.02 Å². The van der Waals surface area contributed by atoms with Crippen LogP contribution >= 0.6 is 11.6 Å². The van der Waals surface area contributed by atoms with Gasteiger partial charge in [-0.25, -0.2) is 4.79 Å². The van der Waals surface area contributed by atoms with Crippen molar-refractivity contribution in [1.82, 2.24) is 5.32 Å². The third-order valence-electron chi connectivity index (χ3n) is 3.53. The monoisotopic (exact) mass is 385 g/mol. The average molecular weight is 386 g/mol. The van der Waals surface area contributed by atoms with Crippen LogP contribution in [0.5, 0.6) is 0 Å². The van der Waals surface area contributed by atoms with Gasteiger partial charge in [-0.05, 0) is 36.4 Å². The van der Waals surface area contributed by atoms with Gasteiger partial charge in [-0.3, -0.25) is 20.2 Å². The van der Waals surface area contributed by atoms with Crippen LogP contribution in [0, 0.1) is 10.1 Å². The van der Waals surface area contributed by atoms with Gasteiger partial charge in [-0.15, -0.1) is 0 Å². The number of nitrogens with one attached hydrogen (secondary N) is 2. The number of hydrogen-bond donors (Lipinski definition) is 2. The third-order valence-corrected chi connectivity index (χ3v) is 3.86. The van der Waals surface area contributed by atoms with Crippen molar-refractivity contribution in [2.24, 2.45) is 0 Å². The van der Waals surface area contributed by atoms with Gasteiger partial charge in [0.1, 0.15) is 5.76 Å². The van der Waals surface area contributed by atoms with Crippen molar-refractivity contribution in [2.45, 2.75) is 0 Å². The molecule has 0 unspecified atom stereocenters. The molecule has 1 heterocycles. The van der Waals surface area contributed by atoms with Gasteiger partial charge in [0.15, 0.2) is 5.76 Å². The number of nitrogens with zero attached hydrogens (tertiary/aromatic N) is 1. The fourth-order valence-corrected chi connectivity index (χ4v) is 2.49. The number of non-ortho nitro benzene ring substituents is 1. The predicted molar refractivity (Wildman–Crippen MR) is 98.7 cm³/mol. The molecule has 9 heteroatoms. The lowest BCUT2D eigenvalue weighted by Crippen LogP contribution is -2.34. The van der Waals surface area contributed by atoms with Crippen LogP contribution in [0.3, 0.4) is 0 Å². The van der Waals surface area contributed by atoms with Gasteiger partial charge in [0, 0.05) is 23.4 Å². The number of hydrogen-bond acceptors (Lipinski definition) is 5. The Morgan fingerprint density at radius 1 is 1.00 bits per heavy atom. The molecule has 0 fully saturated rings. The quantitative estimate of drug-likeness (QED) is 0.508. The molecule has 27 heavy (non-hydrogen) atoms. The van der Waals surface area contributed by atoms with Crippen LogP contribution in [0.25, 0.3) is 11.3 Å². The second-order valence-corrected chi connectivity index (χ2v) is 5.76. The highest BCUT2D eigenvalue weighted by Crippen LogP contribution is 2.29. The number of carbonyl (C=O) groups is 2. The average Bonchev–Trinajstić information content (AvgIpc) is 3.12. The van der Waals surface area contributed by atoms with Crippen molar-refractivity contribution in [3.8, 4) is 11.3 Å². The highest BCUT2D eigenvalue weighted by Gasteiger charge is 2.16. The van der Waals surface area contributed by atoms with Gasteiger partial charge in [-0.1, -0.05) is 23.7 Å². The third kappa shape index (κ3) is 4.31. The minimum absolute atomic E-state index is 0.0660. The van der Waals surface area contributed by atoms with E-state index in [0.29, 0.717) is 22.0 Å². The van der Waals surface area contributed by atoms with E-state index in [1.807, 2.05) is 0 Å². The molecule has 0 aliphatic heterocycles. The van der Waals surface area contributed by atoms with Gasteiger partial charge in [-0.2, -0.15) is 0 Å². The Bertz CT molecular complexity index is 1010. The number of halogens is 1. The van der Waals surface area contributed by atoms with Crippen LogP contribution < -0.4 is 10.6 Å². The zero-order valence-corrected chi connectivity index (χ0v) is 14.4. The van der Waals surface area contributed by atoms with E-state index in [4.69, 9.17) is 16.0 Å². The fourth-order valence-electron chi connectivity index (χ4n) is 2.26. The molecule has 0 aliphatic carbocycles. The van der Waals surface area contributed by atoms with Crippen LogP contribution in [-0.2, 0) is 0 Å². The van der Waals surface area contributed by atoms with E-state index in [2.05, 4.69) is 10.6 Å². The second kappa shape index (κ2) is 7.71. The zero-order valence-electron chi connectivity index (χ0n) is 13.6. The molecule has 0 saturated heterocycles. The zero-order chi connectivity index (χ0) is 19.4. The summed E-state index contributed by atoms with van der Waals surface area (Å²) in [5.41, 5.74) is 0.801.